The van der Waals surface area contributed by atoms with Gasteiger partial charge in [0.25, 0.3) is 0 Å². The summed E-state index contributed by atoms with van der Waals surface area (Å²) >= 11 is 0. The lowest BCUT2D eigenvalue weighted by molar-refractivity contribution is -0.108. The predicted octanol–water partition coefficient (Wildman–Crippen LogP) is 2.99. The summed E-state index contributed by atoms with van der Waals surface area (Å²) in [4.78, 5) is 26.7. The van der Waals surface area contributed by atoms with Gasteiger partial charge in [0.1, 0.15) is 5.82 Å². The summed E-state index contributed by atoms with van der Waals surface area (Å²) in [5, 5.41) is 7.18. The number of amides is 3. The molecule has 1 aromatic carbocycles. The van der Waals surface area contributed by atoms with E-state index in [-0.39, 0.29) is 11.7 Å². The fourth-order valence-corrected chi connectivity index (χ4v) is 4.00. The number of benzene rings is 1. The average molecular weight is 389 g/mol. The number of imide groups is 1. The Morgan fingerprint density at radius 2 is 2.07 bits per heavy atom. The molecular weight excluding hydrogens is 361 g/mol. The zero-order valence-corrected chi connectivity index (χ0v) is 16.7. The van der Waals surface area contributed by atoms with Gasteiger partial charge in [0.15, 0.2) is 5.82 Å². The first kappa shape index (κ1) is 20.3. The summed E-state index contributed by atoms with van der Waals surface area (Å²) in [6.45, 7) is 7.43. The molecule has 1 aliphatic heterocycles. The van der Waals surface area contributed by atoms with Gasteiger partial charge in [0.2, 0.25) is 6.41 Å². The summed E-state index contributed by atoms with van der Waals surface area (Å²) < 4.78 is 16.7. The quantitative estimate of drug-likeness (QED) is 0.771. The molecule has 0 saturated carbocycles. The van der Waals surface area contributed by atoms with E-state index < -0.39 is 6.03 Å². The van der Waals surface area contributed by atoms with Crippen LogP contribution in [0.4, 0.5) is 15.0 Å². The smallest absolute Gasteiger partial charge is 0.304 e. The normalized spacial score (nSPS) is 15.7. The number of hydrogen-bond donors (Lipinski definition) is 1. The van der Waals surface area contributed by atoms with E-state index >= 15 is 4.39 Å². The zero-order valence-electron chi connectivity index (χ0n) is 16.7. The Labute approximate surface area is 164 Å². The molecule has 2 heterocycles. The molecule has 0 bridgehead atoms. The lowest BCUT2D eigenvalue weighted by Crippen LogP contribution is -2.40. The molecule has 28 heavy (non-hydrogen) atoms. The molecule has 7 nitrogen and oxygen atoms in total. The molecule has 3 amide bonds. The molecule has 1 saturated heterocycles. The number of nitrogens with zero attached hydrogens (tertiary/aromatic N) is 4. The van der Waals surface area contributed by atoms with Gasteiger partial charge in [-0.1, -0.05) is 13.8 Å². The van der Waals surface area contributed by atoms with Gasteiger partial charge in [-0.2, -0.15) is 5.10 Å². The van der Waals surface area contributed by atoms with Gasteiger partial charge in [-0.15, -0.1) is 0 Å². The van der Waals surface area contributed by atoms with E-state index in [0.717, 1.165) is 43.6 Å². The molecule has 1 N–H and O–H groups in total. The highest BCUT2D eigenvalue weighted by Crippen LogP contribution is 2.35. The molecule has 2 aromatic rings. The number of aryl methyl sites for hydroxylation is 1. The maximum absolute atomic E-state index is 15.0. The molecule has 1 fully saturated rings. The number of likely N-dealkylation sites (tertiary alicyclic amines) is 1. The topological polar surface area (TPSA) is 70.5 Å². The largest absolute Gasteiger partial charge is 0.329 e. The molecule has 1 aromatic heterocycles. The Kier molecular flexibility index (Phi) is 6.28. The second kappa shape index (κ2) is 8.68. The molecule has 3 rings (SSSR count). The highest BCUT2D eigenvalue weighted by atomic mass is 19.1. The minimum absolute atomic E-state index is 0.190. The van der Waals surface area contributed by atoms with Crippen molar-refractivity contribution < 1.29 is 14.0 Å². The Morgan fingerprint density at radius 3 is 2.68 bits per heavy atom. The third-order valence-electron chi connectivity index (χ3n) is 5.55. The first-order chi connectivity index (χ1) is 13.5. The van der Waals surface area contributed by atoms with Crippen molar-refractivity contribution in [2.75, 3.05) is 31.1 Å². The van der Waals surface area contributed by atoms with Crippen molar-refractivity contribution in [3.63, 3.8) is 0 Å². The fraction of sp³-hybridized carbons (Fsp3) is 0.550. The van der Waals surface area contributed by atoms with Crippen molar-refractivity contribution in [2.24, 2.45) is 7.05 Å². The third kappa shape index (κ3) is 3.87. The summed E-state index contributed by atoms with van der Waals surface area (Å²) in [6, 6.07) is 2.79. The van der Waals surface area contributed by atoms with Gasteiger partial charge in [-0.05, 0) is 62.5 Å². The summed E-state index contributed by atoms with van der Waals surface area (Å²) in [5.41, 5.74) is 1.50. The monoisotopic (exact) mass is 389 g/mol. The molecule has 0 radical (unpaired) electrons. The van der Waals surface area contributed by atoms with E-state index in [1.807, 2.05) is 13.0 Å². The average Bonchev–Trinajstić information content (AvgIpc) is 3.01. The van der Waals surface area contributed by atoms with E-state index in [9.17, 15) is 9.59 Å². The van der Waals surface area contributed by atoms with Gasteiger partial charge in [0, 0.05) is 19.0 Å². The minimum atomic E-state index is -0.562. The second-order valence-corrected chi connectivity index (χ2v) is 7.27. The van der Waals surface area contributed by atoms with Crippen molar-refractivity contribution in [1.29, 1.82) is 0 Å². The first-order valence-corrected chi connectivity index (χ1v) is 9.90. The van der Waals surface area contributed by atoms with E-state index in [1.165, 1.54) is 11.0 Å². The van der Waals surface area contributed by atoms with Crippen LogP contribution in [0.2, 0.25) is 0 Å². The number of halogens is 1. The van der Waals surface area contributed by atoms with Gasteiger partial charge in [-0.3, -0.25) is 19.7 Å². The fourth-order valence-electron chi connectivity index (χ4n) is 4.00. The highest BCUT2D eigenvalue weighted by molar-refractivity contribution is 6.03. The van der Waals surface area contributed by atoms with Crippen molar-refractivity contribution in [3.8, 4) is 0 Å². The Balaban J connectivity index is 1.99. The SMILES string of the molecule is CCCN(C(=O)NC=O)c1nn(C)c2cc(C3CCN(CC)CC3)c(F)cc12. The number of urea groups is 1. The van der Waals surface area contributed by atoms with E-state index in [1.54, 1.807) is 11.7 Å². The molecule has 8 heteroatoms. The van der Waals surface area contributed by atoms with Crippen molar-refractivity contribution in [2.45, 2.75) is 39.0 Å². The van der Waals surface area contributed by atoms with Crippen LogP contribution in [-0.4, -0.2) is 53.3 Å². The van der Waals surface area contributed by atoms with E-state index in [0.29, 0.717) is 30.6 Å². The van der Waals surface area contributed by atoms with Gasteiger partial charge >= 0.3 is 6.03 Å². The molecule has 1 aliphatic rings. The summed E-state index contributed by atoms with van der Waals surface area (Å²) in [5.74, 6) is 0.296. The highest BCUT2D eigenvalue weighted by Gasteiger charge is 2.26. The summed E-state index contributed by atoms with van der Waals surface area (Å²) in [6.07, 6.45) is 2.90. The molecule has 0 aliphatic carbocycles. The van der Waals surface area contributed by atoms with E-state index in [2.05, 4.69) is 22.2 Å². The molecule has 0 spiro atoms. The van der Waals surface area contributed by atoms with Gasteiger partial charge < -0.3 is 4.90 Å². The maximum atomic E-state index is 15.0. The lowest BCUT2D eigenvalue weighted by atomic mass is 9.88. The predicted molar refractivity (Wildman–Crippen MR) is 107 cm³/mol. The number of anilines is 1. The van der Waals surface area contributed by atoms with Crippen LogP contribution < -0.4 is 10.2 Å². The van der Waals surface area contributed by atoms with Crippen LogP contribution in [0.5, 0.6) is 0 Å². The molecular formula is C20H28FN5O2. The maximum Gasteiger partial charge on any atom is 0.329 e. The number of rotatable bonds is 6. The van der Waals surface area contributed by atoms with Crippen LogP contribution >= 0.6 is 0 Å². The van der Waals surface area contributed by atoms with Crippen molar-refractivity contribution >= 4 is 29.2 Å². The molecule has 0 atom stereocenters. The Hall–Kier alpha value is -2.48. The standard InChI is InChI=1S/C20H28FN5O2/c1-4-8-26(20(28)22-13-27)19-16-11-17(21)15(12-18(16)24(3)23-19)14-6-9-25(5-2)10-7-14/h11-14H,4-10H2,1-3H3,(H,22,27,28). The zero-order chi connectivity index (χ0) is 20.3. The number of carbonyl (C=O) groups excluding carboxylic acids is 2. The lowest BCUT2D eigenvalue weighted by Gasteiger charge is -2.31. The van der Waals surface area contributed by atoms with Gasteiger partial charge in [-0.25, -0.2) is 9.18 Å². The third-order valence-corrected chi connectivity index (χ3v) is 5.55. The van der Waals surface area contributed by atoms with Crippen LogP contribution in [0.3, 0.4) is 0 Å². The van der Waals surface area contributed by atoms with Gasteiger partial charge in [0.05, 0.1) is 5.52 Å². The van der Waals surface area contributed by atoms with Crippen LogP contribution in [0.1, 0.15) is 44.6 Å². The van der Waals surface area contributed by atoms with Crippen LogP contribution in [0.15, 0.2) is 12.1 Å². The van der Waals surface area contributed by atoms with Crippen molar-refractivity contribution in [3.05, 3.63) is 23.5 Å². The summed E-state index contributed by atoms with van der Waals surface area (Å²) in [7, 11) is 1.79. The van der Waals surface area contributed by atoms with Crippen LogP contribution in [0, 0.1) is 5.82 Å². The van der Waals surface area contributed by atoms with E-state index in [4.69, 9.17) is 0 Å². The number of carbonyl (C=O) groups is 2. The van der Waals surface area contributed by atoms with Crippen LogP contribution in [-0.2, 0) is 11.8 Å². The Morgan fingerprint density at radius 1 is 1.36 bits per heavy atom. The number of piperidine rings is 1. The molecule has 0 unspecified atom stereocenters. The number of nitrogens with one attached hydrogen (secondary N) is 1. The Bertz CT molecular complexity index is 858. The number of hydrogen-bond acceptors (Lipinski definition) is 4. The second-order valence-electron chi connectivity index (χ2n) is 7.27. The number of fused-ring (bicyclic) bond motifs is 1. The first-order valence-electron chi connectivity index (χ1n) is 9.90. The van der Waals surface area contributed by atoms with Crippen LogP contribution in [0.25, 0.3) is 10.9 Å². The van der Waals surface area contributed by atoms with Crippen molar-refractivity contribution in [1.82, 2.24) is 20.0 Å². The minimum Gasteiger partial charge on any atom is -0.304 e. The number of aromatic nitrogens is 2. The molecule has 152 valence electrons.